The van der Waals surface area contributed by atoms with Crippen LogP contribution in [0.3, 0.4) is 0 Å². The highest BCUT2D eigenvalue weighted by Gasteiger charge is 2.28. The number of benzene rings is 1. The van der Waals surface area contributed by atoms with Gasteiger partial charge < -0.3 is 19.5 Å². The fourth-order valence-corrected chi connectivity index (χ4v) is 3.89. The van der Waals surface area contributed by atoms with Crippen LogP contribution in [0.5, 0.6) is 0 Å². The molecule has 0 bridgehead atoms. The maximum absolute atomic E-state index is 13.3. The highest BCUT2D eigenvalue weighted by atomic mass is 16.5. The molecule has 1 N–H and O–H groups in total. The van der Waals surface area contributed by atoms with Crippen molar-refractivity contribution < 1.29 is 14.3 Å². The van der Waals surface area contributed by atoms with Crippen molar-refractivity contribution in [3.05, 3.63) is 69.1 Å². The predicted molar refractivity (Wildman–Crippen MR) is 119 cm³/mol. The van der Waals surface area contributed by atoms with Crippen LogP contribution >= 0.6 is 0 Å². The Morgan fingerprint density at radius 2 is 1.94 bits per heavy atom. The zero-order chi connectivity index (χ0) is 22.4. The Labute approximate surface area is 183 Å². The Morgan fingerprint density at radius 1 is 1.19 bits per heavy atom. The van der Waals surface area contributed by atoms with Gasteiger partial charge in [-0.1, -0.05) is 44.2 Å². The van der Waals surface area contributed by atoms with Crippen molar-refractivity contribution >= 4 is 11.8 Å². The first kappa shape index (κ1) is 22.7. The van der Waals surface area contributed by atoms with E-state index in [0.717, 1.165) is 16.7 Å². The summed E-state index contributed by atoms with van der Waals surface area (Å²) in [6, 6.07) is 9.66. The van der Waals surface area contributed by atoms with E-state index in [1.807, 2.05) is 55.3 Å². The van der Waals surface area contributed by atoms with Gasteiger partial charge in [0.2, 0.25) is 5.91 Å². The molecule has 1 aromatic carbocycles. The van der Waals surface area contributed by atoms with E-state index in [1.165, 1.54) is 0 Å². The van der Waals surface area contributed by atoms with Gasteiger partial charge in [0.15, 0.2) is 0 Å². The summed E-state index contributed by atoms with van der Waals surface area (Å²) in [5, 5.41) is 2.78. The number of nitrogens with zero attached hydrogens (tertiary/aromatic N) is 2. The SMILES string of the molecule is COCCNC(=O)c1c2c(cn(Cc3ccccc3)c1=O)CN(C(=O)CC(C)C)CC2. The summed E-state index contributed by atoms with van der Waals surface area (Å²) in [4.78, 5) is 40.6. The normalized spacial score (nSPS) is 13.2. The minimum atomic E-state index is -0.386. The van der Waals surface area contributed by atoms with Gasteiger partial charge >= 0.3 is 0 Å². The Bertz CT molecular complexity index is 982. The number of carbonyl (C=O) groups is 2. The quantitative estimate of drug-likeness (QED) is 0.658. The molecule has 0 unspecified atom stereocenters. The molecule has 1 aliphatic heterocycles. The average Bonchev–Trinajstić information content (AvgIpc) is 2.74. The Hall–Kier alpha value is -2.93. The third-order valence-corrected chi connectivity index (χ3v) is 5.42. The van der Waals surface area contributed by atoms with E-state index in [-0.39, 0.29) is 28.9 Å². The molecule has 0 radical (unpaired) electrons. The summed E-state index contributed by atoms with van der Waals surface area (Å²) in [5.41, 5.74) is 2.45. The number of ether oxygens (including phenoxy) is 1. The van der Waals surface area contributed by atoms with Crippen molar-refractivity contribution in [2.24, 2.45) is 5.92 Å². The van der Waals surface area contributed by atoms with Crippen molar-refractivity contribution in [3.63, 3.8) is 0 Å². The number of nitrogens with one attached hydrogen (secondary N) is 1. The van der Waals surface area contributed by atoms with Crippen LogP contribution in [-0.4, -0.2) is 48.1 Å². The second-order valence-electron chi connectivity index (χ2n) is 8.34. The van der Waals surface area contributed by atoms with Gasteiger partial charge in [0, 0.05) is 39.4 Å². The first-order valence-corrected chi connectivity index (χ1v) is 10.7. The lowest BCUT2D eigenvalue weighted by molar-refractivity contribution is -0.132. The second kappa shape index (κ2) is 10.4. The van der Waals surface area contributed by atoms with Crippen LogP contribution in [-0.2, 0) is 29.0 Å². The summed E-state index contributed by atoms with van der Waals surface area (Å²) in [7, 11) is 1.56. The van der Waals surface area contributed by atoms with E-state index in [4.69, 9.17) is 4.74 Å². The summed E-state index contributed by atoms with van der Waals surface area (Å²) < 4.78 is 6.58. The van der Waals surface area contributed by atoms with Gasteiger partial charge in [0.25, 0.3) is 11.5 Å². The monoisotopic (exact) mass is 425 g/mol. The number of fused-ring (bicyclic) bond motifs is 1. The maximum atomic E-state index is 13.3. The summed E-state index contributed by atoms with van der Waals surface area (Å²) in [6.45, 7) is 6.04. The number of pyridine rings is 1. The Balaban J connectivity index is 1.97. The van der Waals surface area contributed by atoms with Crippen molar-refractivity contribution in [1.29, 1.82) is 0 Å². The molecule has 0 fully saturated rings. The smallest absolute Gasteiger partial charge is 0.264 e. The largest absolute Gasteiger partial charge is 0.383 e. The minimum Gasteiger partial charge on any atom is -0.383 e. The van der Waals surface area contributed by atoms with Crippen molar-refractivity contribution in [3.8, 4) is 0 Å². The molecule has 0 saturated carbocycles. The van der Waals surface area contributed by atoms with Gasteiger partial charge in [-0.25, -0.2) is 0 Å². The second-order valence-corrected chi connectivity index (χ2v) is 8.34. The van der Waals surface area contributed by atoms with Crippen LogP contribution in [0.15, 0.2) is 41.3 Å². The van der Waals surface area contributed by atoms with E-state index >= 15 is 0 Å². The highest BCUT2D eigenvalue weighted by Crippen LogP contribution is 2.22. The minimum absolute atomic E-state index is 0.104. The Kier molecular flexibility index (Phi) is 7.63. The molecule has 0 aliphatic carbocycles. The lowest BCUT2D eigenvalue weighted by atomic mass is 9.95. The van der Waals surface area contributed by atoms with Crippen LogP contribution in [0, 0.1) is 5.92 Å². The van der Waals surface area contributed by atoms with Crippen molar-refractivity contribution in [2.75, 3.05) is 26.8 Å². The number of carbonyl (C=O) groups excluding carboxylic acids is 2. The van der Waals surface area contributed by atoms with Gasteiger partial charge in [-0.05, 0) is 29.0 Å². The zero-order valence-electron chi connectivity index (χ0n) is 18.5. The lowest BCUT2D eigenvalue weighted by Crippen LogP contribution is -2.42. The number of rotatable bonds is 8. The van der Waals surface area contributed by atoms with E-state index < -0.39 is 0 Å². The first-order valence-electron chi connectivity index (χ1n) is 10.7. The molecule has 3 rings (SSSR count). The molecule has 7 nitrogen and oxygen atoms in total. The summed E-state index contributed by atoms with van der Waals surface area (Å²) >= 11 is 0. The van der Waals surface area contributed by atoms with Crippen molar-refractivity contribution in [2.45, 2.75) is 39.8 Å². The third kappa shape index (κ3) is 5.61. The topological polar surface area (TPSA) is 80.6 Å². The fraction of sp³-hybridized carbons (Fsp3) is 0.458. The van der Waals surface area contributed by atoms with E-state index in [1.54, 1.807) is 11.7 Å². The van der Waals surface area contributed by atoms with Crippen LogP contribution in [0.25, 0.3) is 0 Å². The van der Waals surface area contributed by atoms with Crippen LogP contribution in [0.1, 0.15) is 47.3 Å². The van der Waals surface area contributed by atoms with Gasteiger partial charge in [0.1, 0.15) is 5.56 Å². The number of hydrogen-bond donors (Lipinski definition) is 1. The lowest BCUT2D eigenvalue weighted by Gasteiger charge is -2.31. The molecule has 0 atom stereocenters. The average molecular weight is 426 g/mol. The molecule has 1 aliphatic rings. The summed E-state index contributed by atoms with van der Waals surface area (Å²) in [5.74, 6) is -0.00159. The van der Waals surface area contributed by atoms with E-state index in [0.29, 0.717) is 45.6 Å². The molecule has 7 heteroatoms. The molecule has 2 aromatic rings. The molecular weight excluding hydrogens is 394 g/mol. The Morgan fingerprint density at radius 3 is 2.61 bits per heavy atom. The van der Waals surface area contributed by atoms with Gasteiger partial charge in [0.05, 0.1) is 13.2 Å². The van der Waals surface area contributed by atoms with Crippen LogP contribution in [0.4, 0.5) is 0 Å². The molecule has 0 saturated heterocycles. The van der Waals surface area contributed by atoms with Crippen LogP contribution < -0.4 is 10.9 Å². The number of aromatic nitrogens is 1. The molecular formula is C24H31N3O4. The molecule has 2 amide bonds. The highest BCUT2D eigenvalue weighted by molar-refractivity contribution is 5.95. The number of hydrogen-bond acceptors (Lipinski definition) is 4. The third-order valence-electron chi connectivity index (χ3n) is 5.42. The fourth-order valence-electron chi connectivity index (χ4n) is 3.89. The number of amides is 2. The first-order chi connectivity index (χ1) is 14.9. The molecule has 0 spiro atoms. The van der Waals surface area contributed by atoms with Gasteiger partial charge in [-0.2, -0.15) is 0 Å². The molecule has 2 heterocycles. The molecule has 166 valence electrons. The standard InChI is InChI=1S/C24H31N3O4/c1-17(2)13-21(28)26-11-9-20-19(15-26)16-27(14-18-7-5-4-6-8-18)24(30)22(20)23(29)25-10-12-31-3/h4-8,16-17H,9-15H2,1-3H3,(H,25,29). The van der Waals surface area contributed by atoms with E-state index in [9.17, 15) is 14.4 Å². The van der Waals surface area contributed by atoms with E-state index in [2.05, 4.69) is 5.32 Å². The van der Waals surface area contributed by atoms with Gasteiger partial charge in [-0.15, -0.1) is 0 Å². The van der Waals surface area contributed by atoms with Gasteiger partial charge in [-0.3, -0.25) is 14.4 Å². The molecule has 1 aromatic heterocycles. The van der Waals surface area contributed by atoms with Crippen molar-refractivity contribution in [1.82, 2.24) is 14.8 Å². The number of methoxy groups -OCH3 is 1. The maximum Gasteiger partial charge on any atom is 0.264 e. The summed E-state index contributed by atoms with van der Waals surface area (Å²) in [6.07, 6.45) is 2.79. The zero-order valence-corrected chi connectivity index (χ0v) is 18.5. The predicted octanol–water partition coefficient (Wildman–Crippen LogP) is 2.20. The molecule has 31 heavy (non-hydrogen) atoms. The van der Waals surface area contributed by atoms with Crippen LogP contribution in [0.2, 0.25) is 0 Å².